The number of hydrogen-bond acceptors (Lipinski definition) is 3. The Morgan fingerprint density at radius 3 is 2.79 bits per heavy atom. The molecule has 2 rings (SSSR count). The van der Waals surface area contributed by atoms with Crippen molar-refractivity contribution in [3.05, 3.63) is 60.1 Å². The van der Waals surface area contributed by atoms with Crippen molar-refractivity contribution in [3.8, 4) is 0 Å². The number of likely N-dealkylation sites (N-methyl/N-ethyl adjacent to an activating group) is 1. The Bertz CT molecular complexity index is 705. The summed E-state index contributed by atoms with van der Waals surface area (Å²) in [6.07, 6.45) is 6.83. The number of aromatic nitrogens is 1. The van der Waals surface area contributed by atoms with Crippen LogP contribution in [0.4, 0.5) is 0 Å². The molecule has 0 amide bonds. The average Bonchev–Trinajstić information content (AvgIpc) is 2.57. The fraction of sp³-hybridized carbons (Fsp3) is 0.400. The van der Waals surface area contributed by atoms with Gasteiger partial charge in [-0.2, -0.15) is 0 Å². The Labute approximate surface area is 151 Å². The molecule has 1 aliphatic heterocycles. The molecule has 0 bridgehead atoms. The summed E-state index contributed by atoms with van der Waals surface area (Å²) in [5.41, 5.74) is 5.01. The molecule has 0 aliphatic carbocycles. The molecule has 24 heavy (non-hydrogen) atoms. The third kappa shape index (κ3) is 3.59. The summed E-state index contributed by atoms with van der Waals surface area (Å²) in [5, 5.41) is 3.45. The molecule has 0 aromatic carbocycles. The maximum absolute atomic E-state index is 5.46. The van der Waals surface area contributed by atoms with E-state index in [0.717, 1.165) is 46.9 Å². The first-order chi connectivity index (χ1) is 11.3. The Morgan fingerprint density at radius 2 is 2.17 bits per heavy atom. The highest BCUT2D eigenvalue weighted by Gasteiger charge is 2.37. The van der Waals surface area contributed by atoms with Gasteiger partial charge in [0.2, 0.25) is 0 Å². The molecule has 1 aliphatic rings. The number of hydrogen-bond donors (Lipinski definition) is 1. The molecule has 1 aromatic rings. The van der Waals surface area contributed by atoms with Gasteiger partial charge >= 0.3 is 0 Å². The molecule has 1 aromatic heterocycles. The van der Waals surface area contributed by atoms with Crippen LogP contribution in [0.3, 0.4) is 0 Å². The molecule has 1 fully saturated rings. The van der Waals surface area contributed by atoms with E-state index in [1.54, 1.807) is 0 Å². The molecule has 1 atom stereocenters. The van der Waals surface area contributed by atoms with Crippen LogP contribution in [0.5, 0.6) is 0 Å². The summed E-state index contributed by atoms with van der Waals surface area (Å²) < 4.78 is 0. The van der Waals surface area contributed by atoms with Gasteiger partial charge in [0.15, 0.2) is 0 Å². The van der Waals surface area contributed by atoms with Gasteiger partial charge in [0.1, 0.15) is 0 Å². The van der Waals surface area contributed by atoms with Crippen molar-refractivity contribution >= 4 is 22.8 Å². The van der Waals surface area contributed by atoms with Gasteiger partial charge in [0.05, 0.1) is 17.1 Å². The van der Waals surface area contributed by atoms with Gasteiger partial charge < -0.3 is 10.2 Å². The van der Waals surface area contributed by atoms with Crippen LogP contribution in [0, 0.1) is 0 Å². The molecule has 128 valence electrons. The molecule has 0 radical (unpaired) electrons. The minimum absolute atomic E-state index is 0.385. The monoisotopic (exact) mass is 341 g/mol. The lowest BCUT2D eigenvalue weighted by molar-refractivity contribution is 0.313. The Morgan fingerprint density at radius 1 is 1.46 bits per heavy atom. The predicted octanol–water partition coefficient (Wildman–Crippen LogP) is 4.13. The number of aryl methyl sites for hydroxylation is 1. The van der Waals surface area contributed by atoms with Gasteiger partial charge in [-0.15, -0.1) is 0 Å². The third-order valence-corrected chi connectivity index (χ3v) is 5.05. The number of pyridine rings is 1. The smallest absolute Gasteiger partial charge is 0.0959 e. The van der Waals surface area contributed by atoms with Crippen molar-refractivity contribution in [2.45, 2.75) is 39.7 Å². The largest absolute Gasteiger partial charge is 0.367 e. The van der Waals surface area contributed by atoms with Crippen LogP contribution in [-0.4, -0.2) is 33.5 Å². The molecule has 0 spiro atoms. The van der Waals surface area contributed by atoms with E-state index in [1.807, 2.05) is 12.4 Å². The van der Waals surface area contributed by atoms with E-state index in [2.05, 4.69) is 68.2 Å². The van der Waals surface area contributed by atoms with E-state index in [0.29, 0.717) is 0 Å². The Balaban J connectivity index is 2.32. The summed E-state index contributed by atoms with van der Waals surface area (Å²) in [4.78, 5) is 7.38. The van der Waals surface area contributed by atoms with Gasteiger partial charge in [-0.25, -0.2) is 0 Å². The number of piperazine rings is 1. The molecule has 4 heteroatoms. The number of rotatable bonds is 5. The van der Waals surface area contributed by atoms with Crippen LogP contribution in [0.1, 0.15) is 38.8 Å². The molecule has 2 heterocycles. The molecule has 0 saturated carbocycles. The van der Waals surface area contributed by atoms with Crippen molar-refractivity contribution in [2.24, 2.45) is 0 Å². The van der Waals surface area contributed by atoms with E-state index in [1.165, 1.54) is 5.56 Å². The molecule has 3 nitrogen and oxygen atoms in total. The zero-order chi connectivity index (χ0) is 17.9. The predicted molar refractivity (Wildman–Crippen MR) is 107 cm³/mol. The van der Waals surface area contributed by atoms with Gasteiger partial charge in [0, 0.05) is 24.6 Å². The second-order valence-electron chi connectivity index (χ2n) is 6.42. The lowest BCUT2D eigenvalue weighted by Crippen LogP contribution is -2.59. The average molecular weight is 342 g/mol. The molecular formula is C20H27N3S. The van der Waals surface area contributed by atoms with Crippen LogP contribution < -0.4 is 5.32 Å². The summed E-state index contributed by atoms with van der Waals surface area (Å²) in [5.74, 6) is 0. The summed E-state index contributed by atoms with van der Waals surface area (Å²) in [6.45, 7) is 18.6. The summed E-state index contributed by atoms with van der Waals surface area (Å²) in [7, 11) is 0. The molecule has 1 N–H and O–H groups in total. The SMILES string of the molecule is C=C(/C=C(\C)C1(C)NC(=S)CN(CC)C1=C)c1cncc(CC)c1. The van der Waals surface area contributed by atoms with Crippen molar-refractivity contribution in [1.29, 1.82) is 0 Å². The van der Waals surface area contributed by atoms with Gasteiger partial charge in [-0.3, -0.25) is 4.98 Å². The van der Waals surface area contributed by atoms with Crippen LogP contribution in [0.15, 0.2) is 49.0 Å². The first kappa shape index (κ1) is 18.4. The second kappa shape index (κ2) is 7.31. The highest BCUT2D eigenvalue weighted by molar-refractivity contribution is 7.80. The number of nitrogens with zero attached hydrogens (tertiary/aromatic N) is 2. The van der Waals surface area contributed by atoms with E-state index in [9.17, 15) is 0 Å². The Hall–Kier alpha value is -1.94. The zero-order valence-corrected chi connectivity index (χ0v) is 16.0. The molecular weight excluding hydrogens is 314 g/mol. The first-order valence-corrected chi connectivity index (χ1v) is 8.80. The highest BCUT2D eigenvalue weighted by atomic mass is 32.1. The number of allylic oxidation sites excluding steroid dienone is 2. The first-order valence-electron chi connectivity index (χ1n) is 8.39. The lowest BCUT2D eigenvalue weighted by atomic mass is 9.85. The van der Waals surface area contributed by atoms with Crippen LogP contribution in [-0.2, 0) is 6.42 Å². The zero-order valence-electron chi connectivity index (χ0n) is 15.1. The maximum atomic E-state index is 5.46. The number of thiocarbonyl (C=S) groups is 1. The second-order valence-corrected chi connectivity index (χ2v) is 6.91. The van der Waals surface area contributed by atoms with Crippen molar-refractivity contribution in [1.82, 2.24) is 15.2 Å². The van der Waals surface area contributed by atoms with Gasteiger partial charge in [-0.05, 0) is 55.5 Å². The number of nitrogens with one attached hydrogen (secondary N) is 1. The fourth-order valence-electron chi connectivity index (χ4n) is 2.95. The topological polar surface area (TPSA) is 28.2 Å². The van der Waals surface area contributed by atoms with E-state index >= 15 is 0 Å². The van der Waals surface area contributed by atoms with Crippen molar-refractivity contribution < 1.29 is 0 Å². The van der Waals surface area contributed by atoms with E-state index in [4.69, 9.17) is 12.2 Å². The normalized spacial score (nSPS) is 21.7. The minimum Gasteiger partial charge on any atom is -0.367 e. The van der Waals surface area contributed by atoms with E-state index < -0.39 is 0 Å². The summed E-state index contributed by atoms with van der Waals surface area (Å²) >= 11 is 5.46. The van der Waals surface area contributed by atoms with E-state index in [-0.39, 0.29) is 5.54 Å². The maximum Gasteiger partial charge on any atom is 0.0959 e. The quantitative estimate of drug-likeness (QED) is 0.644. The summed E-state index contributed by atoms with van der Waals surface area (Å²) in [6, 6.07) is 2.15. The van der Waals surface area contributed by atoms with Crippen molar-refractivity contribution in [3.63, 3.8) is 0 Å². The standard InChI is InChI=1S/C20H27N3S/c1-7-17-10-18(12-21-11-17)14(3)9-15(4)20(6)16(5)23(8-2)13-19(24)22-20/h9-12H,3,5,7-8,13H2,1-2,4,6H3,(H,22,24)/b15-9+. The van der Waals surface area contributed by atoms with Crippen LogP contribution in [0.2, 0.25) is 0 Å². The highest BCUT2D eigenvalue weighted by Crippen LogP contribution is 2.31. The van der Waals surface area contributed by atoms with Gasteiger partial charge in [-0.1, -0.05) is 38.4 Å². The lowest BCUT2D eigenvalue weighted by Gasteiger charge is -2.45. The third-order valence-electron chi connectivity index (χ3n) is 4.82. The van der Waals surface area contributed by atoms with Crippen LogP contribution >= 0.6 is 12.2 Å². The van der Waals surface area contributed by atoms with Crippen LogP contribution in [0.25, 0.3) is 5.57 Å². The van der Waals surface area contributed by atoms with Gasteiger partial charge in [0.25, 0.3) is 0 Å². The minimum atomic E-state index is -0.385. The fourth-order valence-corrected chi connectivity index (χ4v) is 3.31. The molecule has 1 saturated heterocycles. The van der Waals surface area contributed by atoms with Crippen molar-refractivity contribution in [2.75, 3.05) is 13.1 Å². The Kier molecular flexibility index (Phi) is 5.60. The molecule has 1 unspecified atom stereocenters.